The smallest absolute Gasteiger partial charge is 0.273 e. The first kappa shape index (κ1) is 12.8. The summed E-state index contributed by atoms with van der Waals surface area (Å²) in [7, 11) is 0. The van der Waals surface area contributed by atoms with Gasteiger partial charge >= 0.3 is 0 Å². The highest BCUT2D eigenvalue weighted by Gasteiger charge is 2.38. The Kier molecular flexibility index (Phi) is 2.63. The van der Waals surface area contributed by atoms with E-state index in [1.54, 1.807) is 6.07 Å². The summed E-state index contributed by atoms with van der Waals surface area (Å²) >= 11 is 0. The largest absolute Gasteiger partial charge is 0.618 e. The molecule has 0 N–H and O–H groups in total. The van der Waals surface area contributed by atoms with Crippen LogP contribution >= 0.6 is 0 Å². The molecule has 0 unspecified atom stereocenters. The summed E-state index contributed by atoms with van der Waals surface area (Å²) in [6, 6.07) is 18.7. The van der Waals surface area contributed by atoms with Gasteiger partial charge in [0.25, 0.3) is 11.5 Å². The molecule has 0 aromatic heterocycles. The van der Waals surface area contributed by atoms with E-state index in [1.165, 1.54) is 0 Å². The van der Waals surface area contributed by atoms with Gasteiger partial charge in [-0.05, 0) is 35.4 Å². The normalized spacial score (nSPS) is 13.8. The van der Waals surface area contributed by atoms with Crippen LogP contribution in [0.4, 0.5) is 5.69 Å². The molecule has 1 aliphatic rings. The van der Waals surface area contributed by atoms with E-state index in [0.29, 0.717) is 16.8 Å². The predicted molar refractivity (Wildman–Crippen MR) is 86.9 cm³/mol. The minimum atomic E-state index is -0.198. The van der Waals surface area contributed by atoms with E-state index in [0.717, 1.165) is 21.1 Å². The zero-order valence-corrected chi connectivity index (χ0v) is 12.0. The predicted octanol–water partition coefficient (Wildman–Crippen LogP) is 3.98. The second kappa shape index (κ2) is 4.53. The Balaban J connectivity index is 2.02. The fourth-order valence-corrected chi connectivity index (χ4v) is 3.07. The zero-order valence-electron chi connectivity index (χ0n) is 12.0. The average Bonchev–Trinajstić information content (AvgIpc) is 2.80. The first-order valence-electron chi connectivity index (χ1n) is 7.15. The maximum Gasteiger partial charge on any atom is 0.273 e. The molecule has 0 spiro atoms. The highest BCUT2D eigenvalue weighted by Crippen LogP contribution is 2.34. The number of aryl methyl sites for hydroxylation is 1. The minimum absolute atomic E-state index is 0.198. The van der Waals surface area contributed by atoms with Gasteiger partial charge in [0, 0.05) is 6.07 Å². The monoisotopic (exact) mass is 287 g/mol. The van der Waals surface area contributed by atoms with Crippen molar-refractivity contribution in [2.24, 2.45) is 0 Å². The molecular weight excluding hydrogens is 274 g/mol. The number of Topliss-reactive ketones (excluding diaryl/α,β-unsaturated/α-hetero) is 1. The summed E-state index contributed by atoms with van der Waals surface area (Å²) < 4.78 is 0.770. The lowest BCUT2D eigenvalue weighted by atomic mass is 9.96. The number of fused-ring (bicyclic) bond motifs is 3. The van der Waals surface area contributed by atoms with E-state index in [2.05, 4.69) is 0 Å². The van der Waals surface area contributed by atoms with Crippen molar-refractivity contribution in [3.05, 3.63) is 82.6 Å². The molecule has 3 nitrogen and oxygen atoms in total. The molecule has 4 rings (SSSR count). The highest BCUT2D eigenvalue weighted by molar-refractivity contribution is 6.54. The highest BCUT2D eigenvalue weighted by atomic mass is 16.5. The molecule has 0 saturated heterocycles. The van der Waals surface area contributed by atoms with Crippen molar-refractivity contribution < 1.29 is 9.53 Å². The van der Waals surface area contributed by atoms with Crippen LogP contribution in [0.3, 0.4) is 0 Å². The van der Waals surface area contributed by atoms with Crippen molar-refractivity contribution in [2.75, 3.05) is 0 Å². The number of hydrogen-bond donors (Lipinski definition) is 0. The summed E-state index contributed by atoms with van der Waals surface area (Å²) in [5, 5.41) is 14.5. The van der Waals surface area contributed by atoms with Crippen LogP contribution < -0.4 is 0 Å². The molecule has 0 radical (unpaired) electrons. The maximum absolute atomic E-state index is 12.9. The molecule has 3 aromatic carbocycles. The standard InChI is InChI=1S/C19H13NO2/c1-12-6-2-4-8-14(12)18-19(21)17-15-9-5-3-7-13(15)10-11-16(17)20(18)22/h2-11H,1H3. The molecule has 3 aromatic rings. The fraction of sp³-hybridized carbons (Fsp3) is 0.0526. The summed E-state index contributed by atoms with van der Waals surface area (Å²) in [6.07, 6.45) is 0. The topological polar surface area (TPSA) is 43.1 Å². The second-order valence-corrected chi connectivity index (χ2v) is 5.47. The summed E-state index contributed by atoms with van der Waals surface area (Å²) in [5.74, 6) is -0.198. The number of carbonyl (C=O) groups is 1. The number of rotatable bonds is 1. The van der Waals surface area contributed by atoms with Gasteiger partial charge in [0.2, 0.25) is 5.69 Å². The summed E-state index contributed by atoms with van der Waals surface area (Å²) in [4.78, 5) is 12.9. The Morgan fingerprint density at radius 1 is 0.909 bits per heavy atom. The zero-order chi connectivity index (χ0) is 15.3. The Labute approximate surface area is 127 Å². The van der Waals surface area contributed by atoms with Gasteiger partial charge in [-0.2, -0.15) is 4.74 Å². The first-order chi connectivity index (χ1) is 10.7. The third-order valence-corrected chi connectivity index (χ3v) is 4.17. The SMILES string of the molecule is Cc1ccccc1C1=[N+]([O-])c2ccc3ccccc3c2C1=O. The Morgan fingerprint density at radius 3 is 2.45 bits per heavy atom. The van der Waals surface area contributed by atoms with Crippen molar-refractivity contribution in [2.45, 2.75) is 6.92 Å². The van der Waals surface area contributed by atoms with Crippen molar-refractivity contribution >= 4 is 28.0 Å². The van der Waals surface area contributed by atoms with Crippen LogP contribution in [0.5, 0.6) is 0 Å². The minimum Gasteiger partial charge on any atom is -0.618 e. The van der Waals surface area contributed by atoms with Gasteiger partial charge in [0.1, 0.15) is 5.56 Å². The Bertz CT molecular complexity index is 970. The first-order valence-corrected chi connectivity index (χ1v) is 7.15. The number of hydrogen-bond acceptors (Lipinski definition) is 2. The molecule has 1 aliphatic heterocycles. The third kappa shape index (κ3) is 1.62. The molecule has 0 bridgehead atoms. The van der Waals surface area contributed by atoms with Gasteiger partial charge in [0.15, 0.2) is 0 Å². The van der Waals surface area contributed by atoms with Crippen LogP contribution in [0.2, 0.25) is 0 Å². The quantitative estimate of drug-likeness (QED) is 0.502. The Morgan fingerprint density at radius 2 is 1.64 bits per heavy atom. The summed E-state index contributed by atoms with van der Waals surface area (Å²) in [6.45, 7) is 1.91. The molecule has 22 heavy (non-hydrogen) atoms. The van der Waals surface area contributed by atoms with Crippen LogP contribution in [-0.2, 0) is 0 Å². The van der Waals surface area contributed by atoms with Crippen molar-refractivity contribution in [1.82, 2.24) is 0 Å². The van der Waals surface area contributed by atoms with E-state index < -0.39 is 0 Å². The third-order valence-electron chi connectivity index (χ3n) is 4.17. The van der Waals surface area contributed by atoms with Crippen molar-refractivity contribution in [3.8, 4) is 0 Å². The molecule has 0 amide bonds. The van der Waals surface area contributed by atoms with Gasteiger partial charge in [-0.15, -0.1) is 0 Å². The maximum atomic E-state index is 12.9. The van der Waals surface area contributed by atoms with E-state index in [9.17, 15) is 10.0 Å². The van der Waals surface area contributed by atoms with Gasteiger partial charge in [-0.1, -0.05) is 42.5 Å². The second-order valence-electron chi connectivity index (χ2n) is 5.47. The lowest BCUT2D eigenvalue weighted by Gasteiger charge is -2.04. The molecule has 0 saturated carbocycles. The van der Waals surface area contributed by atoms with Crippen LogP contribution in [0.15, 0.2) is 60.7 Å². The van der Waals surface area contributed by atoms with Gasteiger partial charge in [-0.25, -0.2) is 0 Å². The number of nitrogens with zero attached hydrogens (tertiary/aromatic N) is 1. The van der Waals surface area contributed by atoms with E-state index >= 15 is 0 Å². The van der Waals surface area contributed by atoms with Crippen LogP contribution in [-0.4, -0.2) is 16.2 Å². The molecule has 106 valence electrons. The Hall–Kier alpha value is -2.94. The number of ketones is 1. The van der Waals surface area contributed by atoms with Crippen molar-refractivity contribution in [3.63, 3.8) is 0 Å². The molecular formula is C19H13NO2. The molecule has 3 heteroatoms. The lowest BCUT2D eigenvalue weighted by molar-refractivity contribution is -0.355. The van der Waals surface area contributed by atoms with Crippen LogP contribution in [0, 0.1) is 12.1 Å². The molecule has 0 atom stereocenters. The molecule has 1 heterocycles. The van der Waals surface area contributed by atoms with Crippen LogP contribution in [0.25, 0.3) is 10.8 Å². The fourth-order valence-electron chi connectivity index (χ4n) is 3.07. The van der Waals surface area contributed by atoms with E-state index in [4.69, 9.17) is 0 Å². The van der Waals surface area contributed by atoms with Crippen molar-refractivity contribution in [1.29, 1.82) is 0 Å². The number of benzene rings is 3. The lowest BCUT2D eigenvalue weighted by Crippen LogP contribution is -2.17. The average molecular weight is 287 g/mol. The molecule has 0 aliphatic carbocycles. The number of carbonyl (C=O) groups excluding carboxylic acids is 1. The molecule has 0 fully saturated rings. The summed E-state index contributed by atoms with van der Waals surface area (Å²) in [5.41, 5.74) is 2.77. The van der Waals surface area contributed by atoms with Gasteiger partial charge in [-0.3, -0.25) is 4.79 Å². The van der Waals surface area contributed by atoms with Gasteiger partial charge < -0.3 is 5.21 Å². The van der Waals surface area contributed by atoms with E-state index in [1.807, 2.05) is 61.5 Å². The van der Waals surface area contributed by atoms with Crippen LogP contribution in [0.1, 0.15) is 21.5 Å². The van der Waals surface area contributed by atoms with E-state index in [-0.39, 0.29) is 11.5 Å². The van der Waals surface area contributed by atoms with Gasteiger partial charge in [0.05, 0.1) is 5.56 Å².